The van der Waals surface area contributed by atoms with E-state index >= 15 is 0 Å². The minimum atomic E-state index is -3.39. The van der Waals surface area contributed by atoms with Gasteiger partial charge in [-0.3, -0.25) is 9.52 Å². The summed E-state index contributed by atoms with van der Waals surface area (Å²) in [4.78, 5) is 17.9. The van der Waals surface area contributed by atoms with Crippen LogP contribution in [0.5, 0.6) is 5.75 Å². The zero-order valence-corrected chi connectivity index (χ0v) is 24.0. The summed E-state index contributed by atoms with van der Waals surface area (Å²) in [5.41, 5.74) is 1.58. The highest BCUT2D eigenvalue weighted by atomic mass is 32.2. The highest BCUT2D eigenvalue weighted by Gasteiger charge is 2.28. The molecule has 2 aromatic heterocycles. The standard InChI is InChI=1S/C27H29FN6O5S2/c1-18-22(27(35)32-40(2,36)21-9-5-4-6-10-21)16-34-25(18)26(29-17-30-34)31-23-12-11-19(28)14-24(23)39-20-8-7-13-33(15-20)41(3,37)38/h4-6,9-12,14,16-17,20H,2,7-8,13,15H2,1,3H3,(H,29,30,31)(H,32,35,36). The van der Waals surface area contributed by atoms with Crippen LogP contribution in [0.15, 0.2) is 66.0 Å². The van der Waals surface area contributed by atoms with Gasteiger partial charge in [0.2, 0.25) is 10.0 Å². The summed E-state index contributed by atoms with van der Waals surface area (Å²) < 4.78 is 62.9. The van der Waals surface area contributed by atoms with Crippen LogP contribution in [0.4, 0.5) is 15.9 Å². The summed E-state index contributed by atoms with van der Waals surface area (Å²) in [5.74, 6) is 3.09. The van der Waals surface area contributed by atoms with Crippen LogP contribution in [-0.4, -0.2) is 68.8 Å². The van der Waals surface area contributed by atoms with Gasteiger partial charge in [-0.25, -0.2) is 26.5 Å². The van der Waals surface area contributed by atoms with Crippen LogP contribution in [-0.2, 0) is 19.7 Å². The van der Waals surface area contributed by atoms with E-state index in [-0.39, 0.29) is 17.9 Å². The van der Waals surface area contributed by atoms with Gasteiger partial charge in [0.1, 0.15) is 29.5 Å². The van der Waals surface area contributed by atoms with Crippen molar-refractivity contribution in [3.05, 3.63) is 78.0 Å². The number of halogens is 1. The molecule has 2 aromatic carbocycles. The first kappa shape index (κ1) is 28.5. The zero-order valence-electron chi connectivity index (χ0n) is 22.4. The fourth-order valence-electron chi connectivity index (χ4n) is 4.69. The maximum Gasteiger partial charge on any atom is 0.264 e. The number of aryl methyl sites for hydroxylation is 1. The lowest BCUT2D eigenvalue weighted by molar-refractivity contribution is 0.0982. The largest absolute Gasteiger partial charge is 0.487 e. The van der Waals surface area contributed by atoms with Crippen molar-refractivity contribution in [1.29, 1.82) is 0 Å². The SMILES string of the molecule is C=S(=O)(NC(=O)c1cn2ncnc(Nc3ccc(F)cc3OC3CCCN(S(C)(=O)=O)C3)c2c1C)c1ccccc1. The number of benzene rings is 2. The third-order valence-corrected chi connectivity index (χ3v) is 9.57. The Kier molecular flexibility index (Phi) is 7.72. The minimum Gasteiger partial charge on any atom is -0.487 e. The third-order valence-electron chi connectivity index (χ3n) is 6.75. The maximum absolute atomic E-state index is 14.3. The van der Waals surface area contributed by atoms with Crippen LogP contribution in [0.1, 0.15) is 28.8 Å². The molecule has 1 fully saturated rings. The average molecular weight is 601 g/mol. The number of ether oxygens (including phenoxy) is 1. The van der Waals surface area contributed by atoms with E-state index in [2.05, 4.69) is 26.0 Å². The third kappa shape index (κ3) is 6.19. The molecule has 0 bridgehead atoms. The second-order valence-electron chi connectivity index (χ2n) is 9.76. The maximum atomic E-state index is 14.3. The van der Waals surface area contributed by atoms with Crippen molar-refractivity contribution in [2.45, 2.75) is 30.8 Å². The molecule has 2 atom stereocenters. The van der Waals surface area contributed by atoms with Gasteiger partial charge in [0.15, 0.2) is 5.82 Å². The van der Waals surface area contributed by atoms with Crippen LogP contribution >= 0.6 is 0 Å². The van der Waals surface area contributed by atoms with E-state index in [4.69, 9.17) is 4.74 Å². The summed E-state index contributed by atoms with van der Waals surface area (Å²) in [6.45, 7) is 2.26. The summed E-state index contributed by atoms with van der Waals surface area (Å²) in [6, 6.07) is 12.4. The van der Waals surface area contributed by atoms with Crippen molar-refractivity contribution in [1.82, 2.24) is 23.6 Å². The molecule has 5 rings (SSSR count). The Labute approximate surface area is 237 Å². The Balaban J connectivity index is 1.43. The van der Waals surface area contributed by atoms with E-state index in [1.807, 2.05) is 0 Å². The van der Waals surface area contributed by atoms with Gasteiger partial charge < -0.3 is 10.1 Å². The fourth-order valence-corrected chi connectivity index (χ4v) is 6.71. The van der Waals surface area contributed by atoms with Crippen molar-refractivity contribution in [3.8, 4) is 5.75 Å². The van der Waals surface area contributed by atoms with E-state index < -0.39 is 37.6 Å². The number of aromatic nitrogens is 3. The first-order chi connectivity index (χ1) is 19.4. The van der Waals surface area contributed by atoms with Gasteiger partial charge in [-0.05, 0) is 55.5 Å². The van der Waals surface area contributed by atoms with Gasteiger partial charge in [0.25, 0.3) is 5.91 Å². The van der Waals surface area contributed by atoms with E-state index in [1.165, 1.54) is 39.5 Å². The van der Waals surface area contributed by atoms with Crippen molar-refractivity contribution in [2.75, 3.05) is 24.7 Å². The van der Waals surface area contributed by atoms with Crippen LogP contribution in [0.3, 0.4) is 0 Å². The molecule has 1 saturated heterocycles. The Bertz CT molecular complexity index is 1830. The summed E-state index contributed by atoms with van der Waals surface area (Å²) in [5, 5.41) is 7.35. The molecule has 4 aromatic rings. The predicted octanol–water partition coefficient (Wildman–Crippen LogP) is 3.14. The van der Waals surface area contributed by atoms with E-state index in [9.17, 15) is 21.8 Å². The second kappa shape index (κ2) is 11.1. The second-order valence-corrected chi connectivity index (χ2v) is 13.8. The number of sulfonamides is 1. The Morgan fingerprint density at radius 1 is 1.17 bits per heavy atom. The molecule has 216 valence electrons. The first-order valence-electron chi connectivity index (χ1n) is 12.7. The highest BCUT2D eigenvalue weighted by molar-refractivity contribution is 7.99. The number of hydrogen-bond donors (Lipinski definition) is 2. The summed E-state index contributed by atoms with van der Waals surface area (Å²) in [7, 11) is -6.50. The number of nitrogens with zero attached hydrogens (tertiary/aromatic N) is 4. The van der Waals surface area contributed by atoms with Crippen LogP contribution in [0.2, 0.25) is 0 Å². The van der Waals surface area contributed by atoms with Crippen molar-refractivity contribution >= 4 is 48.5 Å². The Morgan fingerprint density at radius 2 is 1.93 bits per heavy atom. The smallest absolute Gasteiger partial charge is 0.264 e. The van der Waals surface area contributed by atoms with Crippen molar-refractivity contribution in [3.63, 3.8) is 0 Å². The molecular formula is C27H29FN6O5S2. The quantitative estimate of drug-likeness (QED) is 0.295. The number of amides is 1. The fraction of sp³-hybridized carbons (Fsp3) is 0.259. The number of piperidine rings is 1. The number of carbonyl (C=O) groups is 1. The molecule has 41 heavy (non-hydrogen) atoms. The summed E-state index contributed by atoms with van der Waals surface area (Å²) >= 11 is 0. The van der Waals surface area contributed by atoms with Crippen molar-refractivity contribution in [2.24, 2.45) is 0 Å². The number of nitrogens with one attached hydrogen (secondary N) is 2. The Morgan fingerprint density at radius 3 is 2.66 bits per heavy atom. The van der Waals surface area contributed by atoms with Gasteiger partial charge in [-0.2, -0.15) is 9.40 Å². The van der Waals surface area contributed by atoms with E-state index in [0.717, 1.165) is 6.26 Å². The topological polar surface area (TPSA) is 135 Å². The number of rotatable bonds is 8. The van der Waals surface area contributed by atoms with Gasteiger partial charge >= 0.3 is 0 Å². The lowest BCUT2D eigenvalue weighted by Gasteiger charge is -2.31. The number of carbonyl (C=O) groups excluding carboxylic acids is 1. The molecule has 1 aliphatic rings. The molecule has 1 amide bonds. The van der Waals surface area contributed by atoms with E-state index in [0.29, 0.717) is 46.9 Å². The van der Waals surface area contributed by atoms with Crippen LogP contribution in [0.25, 0.3) is 5.52 Å². The van der Waals surface area contributed by atoms with Gasteiger partial charge in [-0.1, -0.05) is 18.2 Å². The summed E-state index contributed by atoms with van der Waals surface area (Å²) in [6.07, 6.45) is 4.68. The highest BCUT2D eigenvalue weighted by Crippen LogP contribution is 2.33. The number of fused-ring (bicyclic) bond motifs is 1. The molecule has 14 heteroatoms. The van der Waals surface area contributed by atoms with Crippen molar-refractivity contribution < 1.29 is 26.5 Å². The molecule has 11 nitrogen and oxygen atoms in total. The average Bonchev–Trinajstić information content (AvgIpc) is 3.27. The molecule has 1 aliphatic heterocycles. The zero-order chi connectivity index (χ0) is 29.4. The molecule has 0 spiro atoms. The Hall–Kier alpha value is -4.01. The van der Waals surface area contributed by atoms with Gasteiger partial charge in [0.05, 0.1) is 33.8 Å². The molecule has 0 aliphatic carbocycles. The monoisotopic (exact) mass is 600 g/mol. The minimum absolute atomic E-state index is 0.154. The molecular weight excluding hydrogens is 571 g/mol. The normalized spacial score (nSPS) is 17.6. The molecule has 3 heterocycles. The lowest BCUT2D eigenvalue weighted by atomic mass is 10.1. The molecule has 0 saturated carbocycles. The van der Waals surface area contributed by atoms with Gasteiger partial charge in [-0.15, -0.1) is 0 Å². The molecule has 0 radical (unpaired) electrons. The lowest BCUT2D eigenvalue weighted by Crippen LogP contribution is -2.43. The first-order valence-corrected chi connectivity index (χ1v) is 16.3. The number of hydrogen-bond acceptors (Lipinski definition) is 8. The molecule has 2 N–H and O–H groups in total. The van der Waals surface area contributed by atoms with Crippen LogP contribution in [0, 0.1) is 12.7 Å². The molecule has 2 unspecified atom stereocenters. The predicted molar refractivity (Wildman–Crippen MR) is 155 cm³/mol. The number of anilines is 2. The van der Waals surface area contributed by atoms with Crippen LogP contribution < -0.4 is 14.8 Å². The van der Waals surface area contributed by atoms with E-state index in [1.54, 1.807) is 37.3 Å². The van der Waals surface area contributed by atoms with Gasteiger partial charge in [0, 0.05) is 23.7 Å².